The van der Waals surface area contributed by atoms with Gasteiger partial charge in [0.05, 0.1) is 12.2 Å². The molecule has 0 aromatic heterocycles. The van der Waals surface area contributed by atoms with Gasteiger partial charge in [-0.2, -0.15) is 0 Å². The zero-order valence-electron chi connectivity index (χ0n) is 9.93. The molecule has 0 saturated carbocycles. The van der Waals surface area contributed by atoms with Gasteiger partial charge in [0.1, 0.15) is 5.92 Å². The molecule has 0 aliphatic rings. The van der Waals surface area contributed by atoms with Crippen LogP contribution in [0.15, 0.2) is 30.3 Å². The van der Waals surface area contributed by atoms with Crippen molar-refractivity contribution in [3.8, 4) is 0 Å². The highest BCUT2D eigenvalue weighted by molar-refractivity contribution is 5.79. The summed E-state index contributed by atoms with van der Waals surface area (Å²) in [6.07, 6.45) is 0. The van der Waals surface area contributed by atoms with Crippen LogP contribution >= 0.6 is 0 Å². The Morgan fingerprint density at radius 1 is 1.38 bits per heavy atom. The first kappa shape index (κ1) is 12.7. The van der Waals surface area contributed by atoms with Crippen molar-refractivity contribution in [2.45, 2.75) is 32.3 Å². The maximum atomic E-state index is 11.8. The minimum atomic E-state index is -1.13. The maximum absolute atomic E-state index is 11.8. The molecule has 1 rings (SSSR count). The Morgan fingerprint density at radius 2 is 1.94 bits per heavy atom. The lowest BCUT2D eigenvalue weighted by Crippen LogP contribution is -2.35. The molecule has 1 N–H and O–H groups in total. The molecular formula is C13H18O3. The number of rotatable bonds is 4. The molecule has 0 radical (unpaired) electrons. The predicted molar refractivity (Wildman–Crippen MR) is 62.1 cm³/mol. The molecule has 88 valence electrons. The SMILES string of the molecule is CCOC(=O)[C@H](c1ccccc1)C(C)(C)O. The van der Waals surface area contributed by atoms with Gasteiger partial charge in [-0.05, 0) is 26.3 Å². The highest BCUT2D eigenvalue weighted by atomic mass is 16.5. The van der Waals surface area contributed by atoms with Crippen LogP contribution in [0.1, 0.15) is 32.3 Å². The fourth-order valence-corrected chi connectivity index (χ4v) is 1.70. The largest absolute Gasteiger partial charge is 0.465 e. The van der Waals surface area contributed by atoms with E-state index in [4.69, 9.17) is 4.74 Å². The lowest BCUT2D eigenvalue weighted by atomic mass is 9.85. The van der Waals surface area contributed by atoms with Crippen molar-refractivity contribution in [2.75, 3.05) is 6.61 Å². The van der Waals surface area contributed by atoms with Gasteiger partial charge < -0.3 is 9.84 Å². The van der Waals surface area contributed by atoms with Crippen LogP contribution < -0.4 is 0 Å². The van der Waals surface area contributed by atoms with E-state index in [9.17, 15) is 9.90 Å². The number of hydrogen-bond acceptors (Lipinski definition) is 3. The van der Waals surface area contributed by atoms with Crippen LogP contribution in [0.5, 0.6) is 0 Å². The second kappa shape index (κ2) is 5.12. The number of aliphatic hydroxyl groups is 1. The zero-order valence-corrected chi connectivity index (χ0v) is 9.93. The third-order valence-corrected chi connectivity index (χ3v) is 2.36. The lowest BCUT2D eigenvalue weighted by Gasteiger charge is -2.27. The van der Waals surface area contributed by atoms with E-state index in [-0.39, 0.29) is 5.97 Å². The first-order valence-corrected chi connectivity index (χ1v) is 5.40. The summed E-state index contributed by atoms with van der Waals surface area (Å²) < 4.78 is 4.99. The molecule has 0 bridgehead atoms. The number of carbonyl (C=O) groups excluding carboxylic acids is 1. The average Bonchev–Trinajstić information content (AvgIpc) is 2.17. The van der Waals surface area contributed by atoms with E-state index < -0.39 is 11.5 Å². The number of esters is 1. The fraction of sp³-hybridized carbons (Fsp3) is 0.462. The van der Waals surface area contributed by atoms with Crippen molar-refractivity contribution in [2.24, 2.45) is 0 Å². The Bertz CT molecular complexity index is 338. The standard InChI is InChI=1S/C13H18O3/c1-4-16-12(14)11(13(2,3)15)10-8-6-5-7-9-10/h5-9,11,15H,4H2,1-3H3/t11-/m0/s1. The van der Waals surface area contributed by atoms with E-state index >= 15 is 0 Å². The normalized spacial score (nSPS) is 13.2. The lowest BCUT2D eigenvalue weighted by molar-refractivity contribution is -0.150. The van der Waals surface area contributed by atoms with E-state index in [1.54, 1.807) is 20.8 Å². The molecule has 0 aliphatic carbocycles. The van der Waals surface area contributed by atoms with E-state index in [2.05, 4.69) is 0 Å². The van der Waals surface area contributed by atoms with Gasteiger partial charge in [-0.25, -0.2) is 0 Å². The van der Waals surface area contributed by atoms with Crippen molar-refractivity contribution in [3.63, 3.8) is 0 Å². The first-order chi connectivity index (χ1) is 7.46. The van der Waals surface area contributed by atoms with Crippen molar-refractivity contribution < 1.29 is 14.6 Å². The van der Waals surface area contributed by atoms with Crippen LogP contribution in [0.3, 0.4) is 0 Å². The van der Waals surface area contributed by atoms with Gasteiger partial charge in [0.25, 0.3) is 0 Å². The van der Waals surface area contributed by atoms with Gasteiger partial charge in [0, 0.05) is 0 Å². The van der Waals surface area contributed by atoms with Crippen LogP contribution in [0, 0.1) is 0 Å². The zero-order chi connectivity index (χ0) is 12.2. The Balaban J connectivity index is 3.02. The molecule has 0 spiro atoms. The second-order valence-electron chi connectivity index (χ2n) is 4.25. The van der Waals surface area contributed by atoms with Crippen LogP contribution in [0.4, 0.5) is 0 Å². The number of hydrogen-bond donors (Lipinski definition) is 1. The quantitative estimate of drug-likeness (QED) is 0.794. The smallest absolute Gasteiger partial charge is 0.316 e. The molecule has 3 nitrogen and oxygen atoms in total. The van der Waals surface area contributed by atoms with Gasteiger partial charge >= 0.3 is 5.97 Å². The van der Waals surface area contributed by atoms with Crippen molar-refractivity contribution in [1.29, 1.82) is 0 Å². The van der Waals surface area contributed by atoms with E-state index in [1.165, 1.54) is 0 Å². The summed E-state index contributed by atoms with van der Waals surface area (Å²) in [6.45, 7) is 5.30. The van der Waals surface area contributed by atoms with Gasteiger partial charge in [0.2, 0.25) is 0 Å². The summed E-state index contributed by atoms with van der Waals surface area (Å²) >= 11 is 0. The highest BCUT2D eigenvalue weighted by Gasteiger charge is 2.35. The fourth-order valence-electron chi connectivity index (χ4n) is 1.70. The Labute approximate surface area is 96.1 Å². The predicted octanol–water partition coefficient (Wildman–Crippen LogP) is 2.10. The molecule has 1 aromatic rings. The maximum Gasteiger partial charge on any atom is 0.316 e. The molecule has 3 heteroatoms. The average molecular weight is 222 g/mol. The molecule has 0 saturated heterocycles. The molecule has 0 heterocycles. The van der Waals surface area contributed by atoms with E-state index in [0.29, 0.717) is 6.61 Å². The van der Waals surface area contributed by atoms with Crippen LogP contribution in [-0.4, -0.2) is 23.3 Å². The summed E-state index contributed by atoms with van der Waals surface area (Å²) in [4.78, 5) is 11.8. The van der Waals surface area contributed by atoms with Crippen LogP contribution in [0.25, 0.3) is 0 Å². The van der Waals surface area contributed by atoms with E-state index in [1.807, 2.05) is 30.3 Å². The molecule has 0 fully saturated rings. The molecular weight excluding hydrogens is 204 g/mol. The molecule has 1 aromatic carbocycles. The third kappa shape index (κ3) is 3.07. The molecule has 0 unspecified atom stereocenters. The number of carbonyl (C=O) groups is 1. The van der Waals surface area contributed by atoms with Crippen molar-refractivity contribution in [3.05, 3.63) is 35.9 Å². The van der Waals surface area contributed by atoms with Gasteiger partial charge in [-0.15, -0.1) is 0 Å². The minimum Gasteiger partial charge on any atom is -0.465 e. The minimum absolute atomic E-state index is 0.318. The van der Waals surface area contributed by atoms with Crippen LogP contribution in [0.2, 0.25) is 0 Å². The van der Waals surface area contributed by atoms with Gasteiger partial charge in [-0.1, -0.05) is 30.3 Å². The molecule has 0 aliphatic heterocycles. The molecule has 0 amide bonds. The summed E-state index contributed by atoms with van der Waals surface area (Å²) in [7, 11) is 0. The Morgan fingerprint density at radius 3 is 2.38 bits per heavy atom. The monoisotopic (exact) mass is 222 g/mol. The van der Waals surface area contributed by atoms with Crippen molar-refractivity contribution in [1.82, 2.24) is 0 Å². The van der Waals surface area contributed by atoms with E-state index in [0.717, 1.165) is 5.56 Å². The first-order valence-electron chi connectivity index (χ1n) is 5.40. The summed E-state index contributed by atoms with van der Waals surface area (Å²) in [5.41, 5.74) is -0.360. The summed E-state index contributed by atoms with van der Waals surface area (Å²) in [5, 5.41) is 10.0. The third-order valence-electron chi connectivity index (χ3n) is 2.36. The topological polar surface area (TPSA) is 46.5 Å². The van der Waals surface area contributed by atoms with Gasteiger partial charge in [0.15, 0.2) is 0 Å². The summed E-state index contributed by atoms with van der Waals surface area (Å²) in [5.74, 6) is -1.03. The Kier molecular flexibility index (Phi) is 4.07. The Hall–Kier alpha value is -1.35. The number of benzene rings is 1. The molecule has 16 heavy (non-hydrogen) atoms. The highest BCUT2D eigenvalue weighted by Crippen LogP contribution is 2.29. The van der Waals surface area contributed by atoms with Crippen LogP contribution in [-0.2, 0) is 9.53 Å². The van der Waals surface area contributed by atoms with Gasteiger partial charge in [-0.3, -0.25) is 4.79 Å². The van der Waals surface area contributed by atoms with Crippen molar-refractivity contribution >= 4 is 5.97 Å². The second-order valence-corrected chi connectivity index (χ2v) is 4.25. The molecule has 1 atom stereocenters. The summed E-state index contributed by atoms with van der Waals surface area (Å²) in [6, 6.07) is 9.19. The number of ether oxygens (including phenoxy) is 1.